The van der Waals surface area contributed by atoms with Gasteiger partial charge in [0.1, 0.15) is 11.6 Å². The van der Waals surface area contributed by atoms with Gasteiger partial charge in [0.2, 0.25) is 0 Å². The number of nitrogens with zero attached hydrogens (tertiary/aromatic N) is 1. The Hall–Kier alpha value is -1.29. The molecule has 0 aliphatic rings. The Bertz CT molecular complexity index is 302. The normalized spacial score (nSPS) is 12.2. The lowest BCUT2D eigenvalue weighted by Crippen LogP contribution is -2.32. The van der Waals surface area contributed by atoms with Gasteiger partial charge in [-0.3, -0.25) is 4.99 Å². The molecule has 0 unspecified atom stereocenters. The van der Waals surface area contributed by atoms with Crippen LogP contribution in [0.4, 0.5) is 0 Å². The van der Waals surface area contributed by atoms with Gasteiger partial charge in [0, 0.05) is 6.04 Å². The zero-order valence-corrected chi connectivity index (χ0v) is 8.16. The maximum atomic E-state index is 5.36. The molecule has 0 saturated heterocycles. The molecule has 0 aliphatic carbocycles. The molecule has 72 valence electrons. The average molecular weight is 181 g/mol. The maximum Gasteiger partial charge on any atom is 0.146 e. The second-order valence-electron chi connectivity index (χ2n) is 3.11. The molecular formula is C9H15N3O. The molecule has 4 nitrogen and oxygen atoms in total. The number of aliphatic imine (C=N–C) groups is 1. The summed E-state index contributed by atoms with van der Waals surface area (Å²) in [6.45, 7) is 5.86. The van der Waals surface area contributed by atoms with Gasteiger partial charge in [0.05, 0.1) is 11.8 Å². The molecule has 13 heavy (non-hydrogen) atoms. The van der Waals surface area contributed by atoms with Gasteiger partial charge in [-0.2, -0.15) is 0 Å². The standard InChI is InChI=1S/C9H15N3O/c1-6(2)11-9(12-10)8-4-5-13-7(8)3/h4-6H,10H2,1-3H3,(H,11,12). The number of nitrogens with one attached hydrogen (secondary N) is 1. The lowest BCUT2D eigenvalue weighted by molar-refractivity contribution is 0.533. The molecule has 0 bridgehead atoms. The number of amidine groups is 1. The molecule has 0 aliphatic heterocycles. The van der Waals surface area contributed by atoms with Crippen LogP contribution in [0.25, 0.3) is 0 Å². The van der Waals surface area contributed by atoms with E-state index in [0.29, 0.717) is 5.84 Å². The van der Waals surface area contributed by atoms with Crippen molar-refractivity contribution >= 4 is 5.84 Å². The quantitative estimate of drug-likeness (QED) is 0.312. The van der Waals surface area contributed by atoms with Crippen LogP contribution in [0.5, 0.6) is 0 Å². The Kier molecular flexibility index (Phi) is 3.08. The van der Waals surface area contributed by atoms with Crippen LogP contribution in [0.1, 0.15) is 25.2 Å². The molecule has 0 saturated carbocycles. The average Bonchev–Trinajstić information content (AvgIpc) is 2.47. The van der Waals surface area contributed by atoms with Gasteiger partial charge in [-0.15, -0.1) is 0 Å². The summed E-state index contributed by atoms with van der Waals surface area (Å²) >= 11 is 0. The summed E-state index contributed by atoms with van der Waals surface area (Å²) in [6.07, 6.45) is 1.62. The first-order valence-electron chi connectivity index (χ1n) is 4.24. The van der Waals surface area contributed by atoms with Crippen molar-refractivity contribution in [2.75, 3.05) is 0 Å². The molecule has 0 atom stereocenters. The molecule has 1 rings (SSSR count). The first-order chi connectivity index (χ1) is 6.15. The SMILES string of the molecule is Cc1occc1C(=NC(C)C)NN. The van der Waals surface area contributed by atoms with Crippen LogP contribution in [0, 0.1) is 6.92 Å². The Balaban J connectivity index is 2.97. The first-order valence-corrected chi connectivity index (χ1v) is 4.24. The molecule has 1 aromatic heterocycles. The summed E-state index contributed by atoms with van der Waals surface area (Å²) in [4.78, 5) is 4.32. The highest BCUT2D eigenvalue weighted by Gasteiger charge is 2.07. The van der Waals surface area contributed by atoms with E-state index in [4.69, 9.17) is 10.3 Å². The highest BCUT2D eigenvalue weighted by Crippen LogP contribution is 2.09. The summed E-state index contributed by atoms with van der Waals surface area (Å²) in [7, 11) is 0. The van der Waals surface area contributed by atoms with Gasteiger partial charge in [0.25, 0.3) is 0 Å². The van der Waals surface area contributed by atoms with Crippen LogP contribution in [0.3, 0.4) is 0 Å². The highest BCUT2D eigenvalue weighted by molar-refractivity contribution is 5.99. The van der Waals surface area contributed by atoms with Crippen LogP contribution >= 0.6 is 0 Å². The van der Waals surface area contributed by atoms with Crippen molar-refractivity contribution in [2.45, 2.75) is 26.8 Å². The van der Waals surface area contributed by atoms with Gasteiger partial charge in [-0.25, -0.2) is 5.84 Å². The molecule has 1 heterocycles. The van der Waals surface area contributed by atoms with Crippen LogP contribution in [0.2, 0.25) is 0 Å². The molecule has 0 fully saturated rings. The van der Waals surface area contributed by atoms with E-state index in [9.17, 15) is 0 Å². The Morgan fingerprint density at radius 3 is 2.69 bits per heavy atom. The molecular weight excluding hydrogens is 166 g/mol. The monoisotopic (exact) mass is 181 g/mol. The predicted molar refractivity (Wildman–Crippen MR) is 52.4 cm³/mol. The van der Waals surface area contributed by atoms with Crippen molar-refractivity contribution in [1.82, 2.24) is 5.43 Å². The number of aryl methyl sites for hydroxylation is 1. The zero-order chi connectivity index (χ0) is 9.84. The predicted octanol–water partition coefficient (Wildman–Crippen LogP) is 1.21. The second-order valence-corrected chi connectivity index (χ2v) is 3.11. The molecule has 4 heteroatoms. The number of hydrazine groups is 1. The third kappa shape index (κ3) is 2.32. The van der Waals surface area contributed by atoms with E-state index in [1.165, 1.54) is 0 Å². The number of hydrogen-bond donors (Lipinski definition) is 2. The minimum Gasteiger partial charge on any atom is -0.469 e. The molecule has 0 amide bonds. The lowest BCUT2D eigenvalue weighted by atomic mass is 10.2. The van der Waals surface area contributed by atoms with Crippen LogP contribution in [-0.2, 0) is 0 Å². The van der Waals surface area contributed by atoms with E-state index >= 15 is 0 Å². The largest absolute Gasteiger partial charge is 0.469 e. The molecule has 1 aromatic rings. The topological polar surface area (TPSA) is 63.5 Å². The second kappa shape index (κ2) is 4.09. The number of rotatable bonds is 2. The Morgan fingerprint density at radius 2 is 2.31 bits per heavy atom. The minimum absolute atomic E-state index is 0.209. The van der Waals surface area contributed by atoms with Crippen molar-refractivity contribution in [1.29, 1.82) is 0 Å². The van der Waals surface area contributed by atoms with Crippen molar-refractivity contribution in [3.8, 4) is 0 Å². The fourth-order valence-corrected chi connectivity index (χ4v) is 1.07. The van der Waals surface area contributed by atoms with Crippen molar-refractivity contribution in [3.05, 3.63) is 23.7 Å². The third-order valence-electron chi connectivity index (χ3n) is 1.64. The number of nitrogens with two attached hydrogens (primary N) is 1. The Labute approximate surface area is 77.8 Å². The number of hydrogen-bond acceptors (Lipinski definition) is 3. The van der Waals surface area contributed by atoms with E-state index < -0.39 is 0 Å². The van der Waals surface area contributed by atoms with E-state index in [-0.39, 0.29) is 6.04 Å². The molecule has 0 radical (unpaired) electrons. The minimum atomic E-state index is 0.209. The van der Waals surface area contributed by atoms with Crippen LogP contribution in [0.15, 0.2) is 21.7 Å². The number of furan rings is 1. The van der Waals surface area contributed by atoms with Crippen molar-refractivity contribution in [3.63, 3.8) is 0 Å². The Morgan fingerprint density at radius 1 is 1.62 bits per heavy atom. The third-order valence-corrected chi connectivity index (χ3v) is 1.64. The first kappa shape index (κ1) is 9.80. The van der Waals surface area contributed by atoms with Gasteiger partial charge in [0.15, 0.2) is 0 Å². The summed E-state index contributed by atoms with van der Waals surface area (Å²) in [5.74, 6) is 6.84. The molecule has 0 spiro atoms. The van der Waals surface area contributed by atoms with Gasteiger partial charge in [-0.05, 0) is 26.8 Å². The summed E-state index contributed by atoms with van der Waals surface area (Å²) in [6, 6.07) is 2.05. The van der Waals surface area contributed by atoms with Crippen LogP contribution in [-0.4, -0.2) is 11.9 Å². The van der Waals surface area contributed by atoms with Gasteiger partial charge in [-0.1, -0.05) is 0 Å². The smallest absolute Gasteiger partial charge is 0.146 e. The van der Waals surface area contributed by atoms with Gasteiger partial charge >= 0.3 is 0 Å². The fourth-order valence-electron chi connectivity index (χ4n) is 1.07. The van der Waals surface area contributed by atoms with E-state index in [2.05, 4.69) is 10.4 Å². The lowest BCUT2D eigenvalue weighted by Gasteiger charge is -2.05. The van der Waals surface area contributed by atoms with E-state index in [1.54, 1.807) is 6.26 Å². The maximum absolute atomic E-state index is 5.36. The highest BCUT2D eigenvalue weighted by atomic mass is 16.3. The van der Waals surface area contributed by atoms with Crippen molar-refractivity contribution < 1.29 is 4.42 Å². The zero-order valence-electron chi connectivity index (χ0n) is 8.16. The summed E-state index contributed by atoms with van der Waals surface area (Å²) in [5.41, 5.74) is 3.48. The fraction of sp³-hybridized carbons (Fsp3) is 0.444. The molecule has 3 N–H and O–H groups in total. The molecule has 0 aromatic carbocycles. The van der Waals surface area contributed by atoms with Crippen molar-refractivity contribution in [2.24, 2.45) is 10.8 Å². The van der Waals surface area contributed by atoms with E-state index in [0.717, 1.165) is 11.3 Å². The van der Waals surface area contributed by atoms with Gasteiger partial charge < -0.3 is 9.84 Å². The summed E-state index contributed by atoms with van der Waals surface area (Å²) in [5, 5.41) is 0. The summed E-state index contributed by atoms with van der Waals surface area (Å²) < 4.78 is 5.15. The van der Waals surface area contributed by atoms with E-state index in [1.807, 2.05) is 26.8 Å². The van der Waals surface area contributed by atoms with Crippen LogP contribution < -0.4 is 11.3 Å².